The number of ether oxygens (including phenoxy) is 3. The summed E-state index contributed by atoms with van der Waals surface area (Å²) in [5.74, 6) is 1.90. The molecule has 226 valence electrons. The van der Waals surface area contributed by atoms with Crippen molar-refractivity contribution in [2.75, 3.05) is 13.7 Å². The summed E-state index contributed by atoms with van der Waals surface area (Å²) in [5.41, 5.74) is 4.30. The molecule has 8 heteroatoms. The van der Waals surface area contributed by atoms with Crippen LogP contribution in [0.15, 0.2) is 34.8 Å². The van der Waals surface area contributed by atoms with E-state index in [0.717, 1.165) is 52.3 Å². The lowest BCUT2D eigenvalue weighted by Crippen LogP contribution is -2.33. The Hall–Kier alpha value is -3.55. The SMILES string of the molecule is C/C=C\C/C(=C\CC)c1nc(CCOc2ccc(CCC(=O)OC)c3c2CN(C(=O)OC(C)(C)C)C3)c(C)o1.CC. The monoisotopic (exact) mass is 568 g/mol. The Balaban J connectivity index is 0.00000287. The van der Waals surface area contributed by atoms with Crippen LogP contribution in [0.3, 0.4) is 0 Å². The number of nitrogens with zero attached hydrogens (tertiary/aromatic N) is 2. The van der Waals surface area contributed by atoms with E-state index in [1.54, 1.807) is 4.90 Å². The minimum absolute atomic E-state index is 0.268. The van der Waals surface area contributed by atoms with Gasteiger partial charge in [0, 0.05) is 24.0 Å². The molecule has 1 amide bonds. The molecular weight excluding hydrogens is 520 g/mol. The number of fused-ring (bicyclic) bond motifs is 1. The van der Waals surface area contributed by atoms with Crippen LogP contribution >= 0.6 is 0 Å². The highest BCUT2D eigenvalue weighted by molar-refractivity contribution is 5.71. The quantitative estimate of drug-likeness (QED) is 0.202. The van der Waals surface area contributed by atoms with Gasteiger partial charge in [0.05, 0.1) is 32.5 Å². The van der Waals surface area contributed by atoms with E-state index in [1.807, 2.05) is 66.7 Å². The normalized spacial score (nSPS) is 13.1. The van der Waals surface area contributed by atoms with Crippen LogP contribution in [0.5, 0.6) is 5.75 Å². The molecule has 2 aromatic rings. The van der Waals surface area contributed by atoms with Gasteiger partial charge in [-0.1, -0.05) is 45.1 Å². The summed E-state index contributed by atoms with van der Waals surface area (Å²) in [5, 5.41) is 0. The molecule has 41 heavy (non-hydrogen) atoms. The Morgan fingerprint density at radius 3 is 2.46 bits per heavy atom. The third kappa shape index (κ3) is 9.80. The first-order valence-corrected chi connectivity index (χ1v) is 14.6. The molecule has 2 heterocycles. The van der Waals surface area contributed by atoms with Crippen LogP contribution in [0.4, 0.5) is 4.79 Å². The first kappa shape index (κ1) is 33.7. The second-order valence-electron chi connectivity index (χ2n) is 10.6. The van der Waals surface area contributed by atoms with Gasteiger partial charge in [-0.2, -0.15) is 0 Å². The van der Waals surface area contributed by atoms with Crippen LogP contribution in [0.2, 0.25) is 0 Å². The number of aromatic nitrogens is 1. The Labute approximate surface area is 245 Å². The van der Waals surface area contributed by atoms with Gasteiger partial charge in [-0.05, 0) is 71.1 Å². The number of esters is 1. The Morgan fingerprint density at radius 2 is 1.83 bits per heavy atom. The maximum atomic E-state index is 12.8. The van der Waals surface area contributed by atoms with Crippen molar-refractivity contribution in [2.24, 2.45) is 0 Å². The average molecular weight is 569 g/mol. The minimum atomic E-state index is -0.591. The van der Waals surface area contributed by atoms with E-state index in [0.29, 0.717) is 38.4 Å². The number of benzene rings is 1. The fraction of sp³-hybridized carbons (Fsp3) is 0.545. The number of aryl methyl sites for hydroxylation is 2. The molecule has 1 aromatic heterocycles. The summed E-state index contributed by atoms with van der Waals surface area (Å²) in [6.07, 6.45) is 8.97. The standard InChI is InChI=1S/C31H42N2O6.C2H6/c1-8-10-12-23(11-9-2)29-32-26(21(3)38-29)17-18-37-27-15-13-22(14-16-28(34)36-7)24-19-33(20-25(24)27)30(35)39-31(4,5)6;1-2/h8,10-11,13,15H,9,12,14,16-20H2,1-7H3;1-2H3/b10-8-,23-11+;. The van der Waals surface area contributed by atoms with Crippen LogP contribution in [0.25, 0.3) is 5.57 Å². The number of carbonyl (C=O) groups is 2. The summed E-state index contributed by atoms with van der Waals surface area (Å²) in [7, 11) is 1.39. The van der Waals surface area contributed by atoms with E-state index < -0.39 is 5.60 Å². The zero-order valence-corrected chi connectivity index (χ0v) is 26.4. The average Bonchev–Trinajstić information content (AvgIpc) is 3.55. The van der Waals surface area contributed by atoms with Crippen LogP contribution in [0, 0.1) is 6.92 Å². The molecular formula is C33H48N2O6. The largest absolute Gasteiger partial charge is 0.493 e. The molecule has 0 unspecified atom stereocenters. The van der Waals surface area contributed by atoms with Crippen molar-refractivity contribution < 1.29 is 28.2 Å². The molecule has 0 saturated heterocycles. The number of hydrogen-bond donors (Lipinski definition) is 0. The Kier molecular flexibility index (Phi) is 13.2. The maximum absolute atomic E-state index is 12.8. The Morgan fingerprint density at radius 1 is 1.12 bits per heavy atom. The van der Waals surface area contributed by atoms with Crippen LogP contribution in [-0.2, 0) is 40.2 Å². The van der Waals surface area contributed by atoms with Crippen molar-refractivity contribution in [1.82, 2.24) is 9.88 Å². The fourth-order valence-electron chi connectivity index (χ4n) is 4.50. The molecule has 0 fully saturated rings. The van der Waals surface area contributed by atoms with Gasteiger partial charge in [-0.25, -0.2) is 9.78 Å². The van der Waals surface area contributed by atoms with Gasteiger partial charge >= 0.3 is 12.1 Å². The van der Waals surface area contributed by atoms with Crippen molar-refractivity contribution >= 4 is 17.6 Å². The second kappa shape index (κ2) is 16.0. The predicted octanol–water partition coefficient (Wildman–Crippen LogP) is 7.75. The molecule has 1 aromatic carbocycles. The third-order valence-corrected chi connectivity index (χ3v) is 6.45. The lowest BCUT2D eigenvalue weighted by Gasteiger charge is -2.24. The number of rotatable bonds is 11. The summed E-state index contributed by atoms with van der Waals surface area (Å²) < 4.78 is 22.7. The number of amides is 1. The van der Waals surface area contributed by atoms with E-state index >= 15 is 0 Å². The first-order chi connectivity index (χ1) is 19.6. The highest BCUT2D eigenvalue weighted by atomic mass is 16.6. The molecule has 0 spiro atoms. The molecule has 0 radical (unpaired) electrons. The number of methoxy groups -OCH3 is 1. The first-order valence-electron chi connectivity index (χ1n) is 14.6. The van der Waals surface area contributed by atoms with Gasteiger partial charge < -0.3 is 18.6 Å². The summed E-state index contributed by atoms with van der Waals surface area (Å²) in [4.78, 5) is 31.0. The summed E-state index contributed by atoms with van der Waals surface area (Å²) in [6, 6.07) is 3.89. The minimum Gasteiger partial charge on any atom is -0.493 e. The van der Waals surface area contributed by atoms with E-state index in [9.17, 15) is 9.59 Å². The van der Waals surface area contributed by atoms with E-state index in [1.165, 1.54) is 7.11 Å². The van der Waals surface area contributed by atoms with E-state index in [-0.39, 0.29) is 18.5 Å². The van der Waals surface area contributed by atoms with Crippen molar-refractivity contribution in [2.45, 2.75) is 106 Å². The van der Waals surface area contributed by atoms with Gasteiger partial charge in [0.25, 0.3) is 0 Å². The van der Waals surface area contributed by atoms with Gasteiger partial charge in [0.1, 0.15) is 17.1 Å². The lowest BCUT2D eigenvalue weighted by atomic mass is 9.99. The summed E-state index contributed by atoms with van der Waals surface area (Å²) >= 11 is 0. The van der Waals surface area contributed by atoms with Crippen LogP contribution < -0.4 is 4.74 Å². The van der Waals surface area contributed by atoms with Gasteiger partial charge in [0.15, 0.2) is 0 Å². The van der Waals surface area contributed by atoms with Crippen molar-refractivity contribution in [3.05, 3.63) is 64.4 Å². The topological polar surface area (TPSA) is 91.1 Å². The molecule has 0 saturated carbocycles. The Bertz CT molecular complexity index is 1220. The zero-order valence-electron chi connectivity index (χ0n) is 26.4. The highest BCUT2D eigenvalue weighted by Crippen LogP contribution is 2.35. The van der Waals surface area contributed by atoms with Crippen LogP contribution in [0.1, 0.15) is 102 Å². The molecule has 0 aliphatic carbocycles. The van der Waals surface area contributed by atoms with Crippen molar-refractivity contribution in [3.63, 3.8) is 0 Å². The maximum Gasteiger partial charge on any atom is 0.410 e. The molecule has 0 N–H and O–H groups in total. The summed E-state index contributed by atoms with van der Waals surface area (Å²) in [6.45, 7) is 16.8. The molecule has 8 nitrogen and oxygen atoms in total. The fourth-order valence-corrected chi connectivity index (χ4v) is 4.50. The highest BCUT2D eigenvalue weighted by Gasteiger charge is 2.31. The number of hydrogen-bond acceptors (Lipinski definition) is 7. The number of oxazole rings is 1. The third-order valence-electron chi connectivity index (χ3n) is 6.45. The molecule has 1 aliphatic heterocycles. The van der Waals surface area contributed by atoms with Crippen molar-refractivity contribution in [1.29, 1.82) is 0 Å². The van der Waals surface area contributed by atoms with E-state index in [2.05, 4.69) is 19.1 Å². The zero-order chi connectivity index (χ0) is 30.6. The molecule has 0 atom stereocenters. The molecule has 1 aliphatic rings. The van der Waals surface area contributed by atoms with E-state index in [4.69, 9.17) is 23.6 Å². The van der Waals surface area contributed by atoms with Gasteiger partial charge in [-0.3, -0.25) is 9.69 Å². The number of allylic oxidation sites excluding steroid dienone is 4. The van der Waals surface area contributed by atoms with Gasteiger partial charge in [-0.15, -0.1) is 0 Å². The number of carbonyl (C=O) groups excluding carboxylic acids is 2. The lowest BCUT2D eigenvalue weighted by molar-refractivity contribution is -0.140. The van der Waals surface area contributed by atoms with Crippen molar-refractivity contribution in [3.8, 4) is 5.75 Å². The van der Waals surface area contributed by atoms with Gasteiger partial charge in [0.2, 0.25) is 5.89 Å². The molecule has 3 rings (SSSR count). The van der Waals surface area contributed by atoms with Crippen LogP contribution in [-0.4, -0.2) is 41.3 Å². The second-order valence-corrected chi connectivity index (χ2v) is 10.6. The predicted molar refractivity (Wildman–Crippen MR) is 162 cm³/mol. The smallest absolute Gasteiger partial charge is 0.410 e. The molecule has 0 bridgehead atoms.